The minimum Gasteiger partial charge on any atom is -0.261 e. The molecule has 0 amide bonds. The molecule has 96 valence electrons. The van der Waals surface area contributed by atoms with Gasteiger partial charge in [-0.2, -0.15) is 10.1 Å². The SMILES string of the molecule is Fc1ccc(Sc2nc(Cl)nc3[nH]ncc23)c(F)c1. The van der Waals surface area contributed by atoms with E-state index < -0.39 is 11.6 Å². The zero-order chi connectivity index (χ0) is 13.4. The molecule has 0 saturated heterocycles. The van der Waals surface area contributed by atoms with E-state index in [9.17, 15) is 8.78 Å². The van der Waals surface area contributed by atoms with Gasteiger partial charge in [-0.3, -0.25) is 5.10 Å². The maximum Gasteiger partial charge on any atom is 0.225 e. The first kappa shape index (κ1) is 12.3. The van der Waals surface area contributed by atoms with E-state index in [1.165, 1.54) is 18.3 Å². The van der Waals surface area contributed by atoms with Gasteiger partial charge in [0.15, 0.2) is 5.65 Å². The molecule has 0 spiro atoms. The Morgan fingerprint density at radius 3 is 2.84 bits per heavy atom. The molecule has 0 aliphatic carbocycles. The number of fused-ring (bicyclic) bond motifs is 1. The van der Waals surface area contributed by atoms with Gasteiger partial charge in [-0.1, -0.05) is 11.8 Å². The van der Waals surface area contributed by atoms with Crippen molar-refractivity contribution >= 4 is 34.4 Å². The smallest absolute Gasteiger partial charge is 0.225 e. The second kappa shape index (κ2) is 4.75. The van der Waals surface area contributed by atoms with Crippen LogP contribution >= 0.6 is 23.4 Å². The van der Waals surface area contributed by atoms with E-state index in [0.717, 1.165) is 17.8 Å². The van der Waals surface area contributed by atoms with E-state index in [0.29, 0.717) is 16.1 Å². The third kappa shape index (κ3) is 2.39. The molecule has 0 fully saturated rings. The molecule has 2 heterocycles. The summed E-state index contributed by atoms with van der Waals surface area (Å²) in [5, 5.41) is 7.59. The maximum atomic E-state index is 13.6. The third-order valence-electron chi connectivity index (χ3n) is 2.35. The van der Waals surface area contributed by atoms with Crippen molar-refractivity contribution in [3.8, 4) is 0 Å². The van der Waals surface area contributed by atoms with E-state index in [2.05, 4.69) is 20.2 Å². The van der Waals surface area contributed by atoms with Gasteiger partial charge in [-0.05, 0) is 23.7 Å². The second-order valence-electron chi connectivity index (χ2n) is 3.61. The Labute approximate surface area is 115 Å². The lowest BCUT2D eigenvalue weighted by atomic mass is 10.3. The average Bonchev–Trinajstić information content (AvgIpc) is 2.80. The number of rotatable bonds is 2. The molecule has 8 heteroatoms. The van der Waals surface area contributed by atoms with Crippen LogP contribution in [0.4, 0.5) is 8.78 Å². The van der Waals surface area contributed by atoms with Crippen LogP contribution in [-0.4, -0.2) is 20.2 Å². The van der Waals surface area contributed by atoms with Gasteiger partial charge in [-0.15, -0.1) is 0 Å². The number of halogens is 3. The highest BCUT2D eigenvalue weighted by Gasteiger charge is 2.12. The molecule has 0 aliphatic rings. The fourth-order valence-corrected chi connectivity index (χ4v) is 2.63. The zero-order valence-corrected chi connectivity index (χ0v) is 10.8. The van der Waals surface area contributed by atoms with Gasteiger partial charge in [0.2, 0.25) is 5.28 Å². The molecule has 1 N–H and O–H groups in total. The molecule has 3 rings (SSSR count). The first-order valence-electron chi connectivity index (χ1n) is 5.13. The van der Waals surface area contributed by atoms with Crippen molar-refractivity contribution in [2.24, 2.45) is 0 Å². The molecule has 2 aromatic heterocycles. The molecular weight excluding hydrogens is 294 g/mol. The molecule has 3 aromatic rings. The van der Waals surface area contributed by atoms with E-state index in [4.69, 9.17) is 11.6 Å². The lowest BCUT2D eigenvalue weighted by molar-refractivity contribution is 0.565. The number of nitrogens with one attached hydrogen (secondary N) is 1. The lowest BCUT2D eigenvalue weighted by Gasteiger charge is -2.03. The summed E-state index contributed by atoms with van der Waals surface area (Å²) >= 11 is 6.81. The highest BCUT2D eigenvalue weighted by molar-refractivity contribution is 7.99. The number of nitrogens with zero attached hydrogens (tertiary/aromatic N) is 3. The summed E-state index contributed by atoms with van der Waals surface area (Å²) in [6, 6.07) is 3.34. The Hall–Kier alpha value is -1.73. The van der Waals surface area contributed by atoms with Crippen LogP contribution < -0.4 is 0 Å². The van der Waals surface area contributed by atoms with Crippen molar-refractivity contribution in [1.82, 2.24) is 20.2 Å². The normalized spacial score (nSPS) is 11.1. The fourth-order valence-electron chi connectivity index (χ4n) is 1.52. The summed E-state index contributed by atoms with van der Waals surface area (Å²) in [6.45, 7) is 0. The summed E-state index contributed by atoms with van der Waals surface area (Å²) in [4.78, 5) is 8.22. The Morgan fingerprint density at radius 2 is 2.05 bits per heavy atom. The average molecular weight is 299 g/mol. The molecule has 0 atom stereocenters. The number of aromatic amines is 1. The van der Waals surface area contributed by atoms with Crippen LogP contribution in [0, 0.1) is 11.6 Å². The largest absolute Gasteiger partial charge is 0.261 e. The van der Waals surface area contributed by atoms with Crippen LogP contribution in [0.3, 0.4) is 0 Å². The molecule has 0 bridgehead atoms. The topological polar surface area (TPSA) is 54.5 Å². The molecule has 4 nitrogen and oxygen atoms in total. The van der Waals surface area contributed by atoms with Crippen molar-refractivity contribution in [2.75, 3.05) is 0 Å². The number of hydrogen-bond donors (Lipinski definition) is 1. The highest BCUT2D eigenvalue weighted by Crippen LogP contribution is 2.33. The van der Waals surface area contributed by atoms with Gasteiger partial charge in [-0.25, -0.2) is 13.8 Å². The quantitative estimate of drug-likeness (QED) is 0.582. The van der Waals surface area contributed by atoms with Crippen molar-refractivity contribution < 1.29 is 8.78 Å². The van der Waals surface area contributed by atoms with E-state index >= 15 is 0 Å². The van der Waals surface area contributed by atoms with Crippen molar-refractivity contribution in [3.05, 3.63) is 41.3 Å². The van der Waals surface area contributed by atoms with Gasteiger partial charge in [0, 0.05) is 11.0 Å². The Balaban J connectivity index is 2.07. The monoisotopic (exact) mass is 298 g/mol. The number of aromatic nitrogens is 4. The zero-order valence-electron chi connectivity index (χ0n) is 9.19. The lowest BCUT2D eigenvalue weighted by Crippen LogP contribution is -1.89. The molecular formula is C11H5ClF2N4S. The number of benzene rings is 1. The number of hydrogen-bond acceptors (Lipinski definition) is 4. The molecule has 0 aliphatic heterocycles. The Kier molecular flexibility index (Phi) is 3.08. The van der Waals surface area contributed by atoms with Crippen LogP contribution in [0.1, 0.15) is 0 Å². The summed E-state index contributed by atoms with van der Waals surface area (Å²) in [7, 11) is 0. The van der Waals surface area contributed by atoms with Crippen LogP contribution in [0.2, 0.25) is 5.28 Å². The third-order valence-corrected chi connectivity index (χ3v) is 3.57. The molecule has 0 radical (unpaired) electrons. The van der Waals surface area contributed by atoms with Crippen LogP contribution in [-0.2, 0) is 0 Å². The molecule has 1 aromatic carbocycles. The standard InChI is InChI=1S/C11H5ClF2N4S/c12-11-16-9-6(4-15-18-9)10(17-11)19-8-2-1-5(13)3-7(8)14/h1-4H,(H,15,16,17,18). The van der Waals surface area contributed by atoms with Crippen LogP contribution in [0.5, 0.6) is 0 Å². The van der Waals surface area contributed by atoms with Crippen molar-refractivity contribution in [2.45, 2.75) is 9.92 Å². The Morgan fingerprint density at radius 1 is 1.21 bits per heavy atom. The molecule has 19 heavy (non-hydrogen) atoms. The van der Waals surface area contributed by atoms with Gasteiger partial charge in [0.25, 0.3) is 0 Å². The predicted octanol–water partition coefficient (Wildman–Crippen LogP) is 3.44. The summed E-state index contributed by atoms with van der Waals surface area (Å²) in [5.41, 5.74) is 0.463. The first-order chi connectivity index (χ1) is 9.13. The summed E-state index contributed by atoms with van der Waals surface area (Å²) in [5.74, 6) is -1.28. The maximum absolute atomic E-state index is 13.6. The van der Waals surface area contributed by atoms with E-state index in [1.807, 2.05) is 0 Å². The van der Waals surface area contributed by atoms with E-state index in [1.54, 1.807) is 0 Å². The van der Waals surface area contributed by atoms with Crippen LogP contribution in [0.15, 0.2) is 34.3 Å². The minimum absolute atomic E-state index is 0.0294. The first-order valence-corrected chi connectivity index (χ1v) is 6.32. The fraction of sp³-hybridized carbons (Fsp3) is 0. The summed E-state index contributed by atoms with van der Waals surface area (Å²) < 4.78 is 26.4. The van der Waals surface area contributed by atoms with E-state index in [-0.39, 0.29) is 10.2 Å². The predicted molar refractivity (Wildman–Crippen MR) is 67.2 cm³/mol. The Bertz CT molecular complexity index is 762. The number of H-pyrrole nitrogens is 1. The van der Waals surface area contributed by atoms with Crippen molar-refractivity contribution in [1.29, 1.82) is 0 Å². The minimum atomic E-state index is -0.656. The highest BCUT2D eigenvalue weighted by atomic mass is 35.5. The van der Waals surface area contributed by atoms with Gasteiger partial charge in [0.05, 0.1) is 11.6 Å². The second-order valence-corrected chi connectivity index (χ2v) is 4.98. The van der Waals surface area contributed by atoms with Gasteiger partial charge in [0.1, 0.15) is 16.7 Å². The van der Waals surface area contributed by atoms with Gasteiger partial charge >= 0.3 is 0 Å². The summed E-state index contributed by atoms with van der Waals surface area (Å²) in [6.07, 6.45) is 1.52. The van der Waals surface area contributed by atoms with Crippen LogP contribution in [0.25, 0.3) is 11.0 Å². The molecule has 0 unspecified atom stereocenters. The van der Waals surface area contributed by atoms with Crippen molar-refractivity contribution in [3.63, 3.8) is 0 Å². The molecule has 0 saturated carbocycles. The van der Waals surface area contributed by atoms with Gasteiger partial charge < -0.3 is 0 Å².